The van der Waals surface area contributed by atoms with Crippen LogP contribution < -0.4 is 4.90 Å². The fourth-order valence-electron chi connectivity index (χ4n) is 10.8. The number of imidazole rings is 1. The van der Waals surface area contributed by atoms with E-state index in [0.29, 0.717) is 0 Å². The smallest absolute Gasteiger partial charge is 0.131 e. The number of para-hydroxylation sites is 4. The fraction of sp³-hybridized carbons (Fsp3) is 0.0175. The van der Waals surface area contributed by atoms with Crippen LogP contribution in [0.2, 0.25) is 0 Å². The molecule has 0 N–H and O–H groups in total. The average molecular weight is 764 g/mol. The first-order chi connectivity index (χ1) is 29.8. The summed E-state index contributed by atoms with van der Waals surface area (Å²) in [5, 5.41) is 1.24. The molecule has 0 saturated heterocycles. The first-order valence-corrected chi connectivity index (χ1v) is 20.8. The molecule has 0 amide bonds. The molecule has 0 radical (unpaired) electrons. The average Bonchev–Trinajstić information content (AvgIpc) is 4.02. The van der Waals surface area contributed by atoms with Crippen molar-refractivity contribution in [3.8, 4) is 39.1 Å². The van der Waals surface area contributed by atoms with Crippen LogP contribution in [0, 0.1) is 0 Å². The Labute approximate surface area is 348 Å². The Morgan fingerprint density at radius 1 is 0.350 bits per heavy atom. The van der Waals surface area contributed by atoms with Crippen molar-refractivity contribution in [3.05, 3.63) is 247 Å². The quantitative estimate of drug-likeness (QED) is 0.170. The SMILES string of the molecule is c1ccc(-c2c3ccccc3n3c4ccccc4n(-c4ccc(N(c5ccccc5)c5ccc6c(c5)C5(c7ccccc7-c7ccccc75)c5ccccc5-6)cc4)c23)cc1. The van der Waals surface area contributed by atoms with Gasteiger partial charge in [-0.3, -0.25) is 8.97 Å². The van der Waals surface area contributed by atoms with E-state index in [1.165, 1.54) is 77.6 Å². The molecular formula is C57H37N3. The number of aromatic nitrogens is 2. The standard InChI is InChI=1S/C57H37N3/c1-3-17-38(18-4-1)55-47-24-10-14-28-52(47)60-54-30-16-15-29-53(54)59(56(55)60)41-33-31-40(32-34-41)58(39-19-5-2-6-20-39)42-35-36-46-45-23-9-13-27-50(45)57(51(46)37-42)48-25-11-7-21-43(48)44-22-8-12-26-49(44)57/h1-37H. The van der Waals surface area contributed by atoms with Crippen molar-refractivity contribution in [1.82, 2.24) is 8.97 Å². The van der Waals surface area contributed by atoms with Crippen molar-refractivity contribution in [1.29, 1.82) is 0 Å². The van der Waals surface area contributed by atoms with Crippen LogP contribution in [0.25, 0.3) is 66.7 Å². The molecular weight excluding hydrogens is 727 g/mol. The maximum absolute atomic E-state index is 2.47. The summed E-state index contributed by atoms with van der Waals surface area (Å²) in [5.41, 5.74) is 21.8. The zero-order chi connectivity index (χ0) is 39.4. The van der Waals surface area contributed by atoms with Gasteiger partial charge in [-0.05, 0) is 117 Å². The van der Waals surface area contributed by atoms with E-state index in [1.807, 2.05) is 0 Å². The van der Waals surface area contributed by atoms with Gasteiger partial charge in [-0.15, -0.1) is 0 Å². The maximum atomic E-state index is 2.47. The molecule has 0 atom stereocenters. The highest BCUT2D eigenvalue weighted by Gasteiger charge is 2.51. The van der Waals surface area contributed by atoms with Crippen LogP contribution in [0.1, 0.15) is 22.3 Å². The van der Waals surface area contributed by atoms with Gasteiger partial charge in [0, 0.05) is 33.7 Å². The topological polar surface area (TPSA) is 12.6 Å². The number of fused-ring (bicyclic) bond motifs is 15. The highest BCUT2D eigenvalue weighted by molar-refractivity contribution is 6.09. The monoisotopic (exact) mass is 763 g/mol. The van der Waals surface area contributed by atoms with Gasteiger partial charge in [0.05, 0.1) is 22.0 Å². The van der Waals surface area contributed by atoms with Crippen LogP contribution in [-0.2, 0) is 5.41 Å². The Kier molecular flexibility index (Phi) is 6.93. The summed E-state index contributed by atoms with van der Waals surface area (Å²) in [4.78, 5) is 2.41. The van der Waals surface area contributed by atoms with Crippen LogP contribution in [0.3, 0.4) is 0 Å². The lowest BCUT2D eigenvalue weighted by Gasteiger charge is -2.32. The zero-order valence-electron chi connectivity index (χ0n) is 32.7. The van der Waals surface area contributed by atoms with E-state index < -0.39 is 5.41 Å². The summed E-state index contributed by atoms with van der Waals surface area (Å²) in [7, 11) is 0. The second-order valence-electron chi connectivity index (χ2n) is 16.0. The summed E-state index contributed by atoms with van der Waals surface area (Å²) < 4.78 is 4.88. The molecule has 0 saturated carbocycles. The summed E-state index contributed by atoms with van der Waals surface area (Å²) in [6, 6.07) is 82.6. The van der Waals surface area contributed by atoms with E-state index in [-0.39, 0.29) is 0 Å². The highest BCUT2D eigenvalue weighted by Crippen LogP contribution is 2.63. The molecule has 2 aromatic heterocycles. The van der Waals surface area contributed by atoms with Crippen molar-refractivity contribution in [3.63, 3.8) is 0 Å². The molecule has 3 heteroatoms. The summed E-state index contributed by atoms with van der Waals surface area (Å²) >= 11 is 0. The van der Waals surface area contributed by atoms with Gasteiger partial charge in [0.25, 0.3) is 0 Å². The van der Waals surface area contributed by atoms with Crippen molar-refractivity contribution >= 4 is 44.6 Å². The molecule has 11 aromatic rings. The van der Waals surface area contributed by atoms with E-state index in [4.69, 9.17) is 0 Å². The van der Waals surface area contributed by atoms with Crippen LogP contribution >= 0.6 is 0 Å². The number of hydrogen-bond acceptors (Lipinski definition) is 1. The molecule has 2 aliphatic rings. The third-order valence-corrected chi connectivity index (χ3v) is 13.1. The van der Waals surface area contributed by atoms with Gasteiger partial charge in [-0.1, -0.05) is 158 Å². The zero-order valence-corrected chi connectivity index (χ0v) is 32.7. The van der Waals surface area contributed by atoms with E-state index in [0.717, 1.165) is 28.4 Å². The summed E-state index contributed by atoms with van der Waals surface area (Å²) in [5.74, 6) is 0. The molecule has 0 unspecified atom stereocenters. The molecule has 3 nitrogen and oxygen atoms in total. The lowest BCUT2D eigenvalue weighted by Crippen LogP contribution is -2.26. The maximum Gasteiger partial charge on any atom is 0.131 e. The van der Waals surface area contributed by atoms with Crippen LogP contribution in [0.15, 0.2) is 224 Å². The Morgan fingerprint density at radius 3 is 1.48 bits per heavy atom. The van der Waals surface area contributed by atoms with Crippen molar-refractivity contribution in [2.24, 2.45) is 0 Å². The second-order valence-corrected chi connectivity index (χ2v) is 16.0. The van der Waals surface area contributed by atoms with Gasteiger partial charge >= 0.3 is 0 Å². The summed E-state index contributed by atoms with van der Waals surface area (Å²) in [6.07, 6.45) is 0. The Bertz CT molecular complexity index is 3420. The number of benzene rings is 9. The van der Waals surface area contributed by atoms with E-state index in [2.05, 4.69) is 238 Å². The number of hydrogen-bond donors (Lipinski definition) is 0. The third-order valence-electron chi connectivity index (χ3n) is 13.1. The molecule has 1 spiro atoms. The van der Waals surface area contributed by atoms with E-state index in [9.17, 15) is 0 Å². The van der Waals surface area contributed by atoms with Gasteiger partial charge in [0.1, 0.15) is 5.65 Å². The Balaban J connectivity index is 1.02. The lowest BCUT2D eigenvalue weighted by atomic mass is 9.70. The van der Waals surface area contributed by atoms with E-state index >= 15 is 0 Å². The number of rotatable bonds is 5. The van der Waals surface area contributed by atoms with Gasteiger partial charge in [0.15, 0.2) is 0 Å². The third kappa shape index (κ3) is 4.38. The van der Waals surface area contributed by atoms with Gasteiger partial charge in [0.2, 0.25) is 0 Å². The molecule has 0 bridgehead atoms. The van der Waals surface area contributed by atoms with Crippen LogP contribution in [-0.4, -0.2) is 8.97 Å². The molecule has 2 aliphatic carbocycles. The first-order valence-electron chi connectivity index (χ1n) is 20.8. The van der Waals surface area contributed by atoms with Crippen molar-refractivity contribution in [2.45, 2.75) is 5.41 Å². The lowest BCUT2D eigenvalue weighted by molar-refractivity contribution is 0.793. The molecule has 60 heavy (non-hydrogen) atoms. The Morgan fingerprint density at radius 2 is 0.833 bits per heavy atom. The predicted octanol–water partition coefficient (Wildman–Crippen LogP) is 14.5. The molecule has 0 fully saturated rings. The highest BCUT2D eigenvalue weighted by atomic mass is 15.2. The molecule has 2 heterocycles. The van der Waals surface area contributed by atoms with E-state index in [1.54, 1.807) is 0 Å². The van der Waals surface area contributed by atoms with Crippen molar-refractivity contribution < 1.29 is 0 Å². The molecule has 280 valence electrons. The minimum Gasteiger partial charge on any atom is -0.310 e. The van der Waals surface area contributed by atoms with Crippen LogP contribution in [0.5, 0.6) is 0 Å². The second kappa shape index (κ2) is 12.6. The van der Waals surface area contributed by atoms with Gasteiger partial charge < -0.3 is 4.90 Å². The number of anilines is 3. The molecule has 9 aromatic carbocycles. The molecule has 0 aliphatic heterocycles. The molecule has 13 rings (SSSR count). The van der Waals surface area contributed by atoms with Gasteiger partial charge in [-0.25, -0.2) is 0 Å². The minimum absolute atomic E-state index is 0.417. The Hall–Kier alpha value is -7.88. The normalized spacial score (nSPS) is 13.1. The fourth-order valence-corrected chi connectivity index (χ4v) is 10.8. The summed E-state index contributed by atoms with van der Waals surface area (Å²) in [6.45, 7) is 0. The van der Waals surface area contributed by atoms with Crippen molar-refractivity contribution in [2.75, 3.05) is 4.90 Å². The number of nitrogens with zero attached hydrogens (tertiary/aromatic N) is 3. The van der Waals surface area contributed by atoms with Crippen LogP contribution in [0.4, 0.5) is 17.1 Å². The van der Waals surface area contributed by atoms with Gasteiger partial charge in [-0.2, -0.15) is 0 Å². The predicted molar refractivity (Wildman–Crippen MR) is 248 cm³/mol. The largest absolute Gasteiger partial charge is 0.310 e. The minimum atomic E-state index is -0.417. The first kappa shape index (κ1) is 33.1.